The van der Waals surface area contributed by atoms with Gasteiger partial charge in [0.05, 0.1) is 22.3 Å². The normalized spacial score (nSPS) is 12.9. The van der Waals surface area contributed by atoms with Crippen molar-refractivity contribution in [3.8, 4) is 11.5 Å². The van der Waals surface area contributed by atoms with Gasteiger partial charge < -0.3 is 13.7 Å². The molecule has 0 spiro atoms. The molecule has 0 bridgehead atoms. The van der Waals surface area contributed by atoms with Gasteiger partial charge in [-0.3, -0.25) is 4.79 Å². The van der Waals surface area contributed by atoms with Crippen LogP contribution in [0.2, 0.25) is 0 Å². The molecule has 0 amide bonds. The van der Waals surface area contributed by atoms with Crippen LogP contribution in [0.4, 0.5) is 0 Å². The standard InChI is InChI=1S/C24H27N5O5S/c1-15-7-6-8-17(13-15)24-27-26-23(34-24)16(2)33-22(30)12-11-21-25-19-14-18(35(31,32)28(3)4)9-10-20(19)29(21)5/h6-10,13-14,16H,11-12H2,1-5H3. The van der Waals surface area contributed by atoms with Gasteiger partial charge >= 0.3 is 5.97 Å². The van der Waals surface area contributed by atoms with Gasteiger partial charge in [0.2, 0.25) is 15.9 Å². The monoisotopic (exact) mass is 497 g/mol. The number of benzene rings is 2. The zero-order valence-electron chi connectivity index (χ0n) is 20.2. The van der Waals surface area contributed by atoms with Crippen molar-refractivity contribution in [3.63, 3.8) is 0 Å². The summed E-state index contributed by atoms with van der Waals surface area (Å²) in [5, 5.41) is 8.07. The van der Waals surface area contributed by atoms with Crippen LogP contribution >= 0.6 is 0 Å². The topological polar surface area (TPSA) is 120 Å². The van der Waals surface area contributed by atoms with Crippen LogP contribution < -0.4 is 0 Å². The summed E-state index contributed by atoms with van der Waals surface area (Å²) in [6, 6.07) is 12.5. The molecule has 0 aliphatic rings. The van der Waals surface area contributed by atoms with E-state index in [9.17, 15) is 13.2 Å². The Morgan fingerprint density at radius 2 is 1.94 bits per heavy atom. The predicted molar refractivity (Wildman–Crippen MR) is 129 cm³/mol. The van der Waals surface area contributed by atoms with Crippen molar-refractivity contribution in [1.29, 1.82) is 0 Å². The summed E-state index contributed by atoms with van der Waals surface area (Å²) in [6.07, 6.45) is -0.290. The van der Waals surface area contributed by atoms with Crippen molar-refractivity contribution >= 4 is 27.0 Å². The number of hydrogen-bond acceptors (Lipinski definition) is 8. The highest BCUT2D eigenvalue weighted by Gasteiger charge is 2.21. The first-order chi connectivity index (χ1) is 16.6. The summed E-state index contributed by atoms with van der Waals surface area (Å²) in [6.45, 7) is 3.65. The van der Waals surface area contributed by atoms with Crippen LogP contribution in [0.1, 0.15) is 36.7 Å². The third-order valence-corrected chi connectivity index (χ3v) is 7.45. The Kier molecular flexibility index (Phi) is 6.73. The number of rotatable bonds is 8. The van der Waals surface area contributed by atoms with Gasteiger partial charge in [-0.1, -0.05) is 17.7 Å². The first-order valence-corrected chi connectivity index (χ1v) is 12.5. The van der Waals surface area contributed by atoms with Crippen LogP contribution in [0.15, 0.2) is 51.8 Å². The van der Waals surface area contributed by atoms with E-state index in [-0.39, 0.29) is 17.2 Å². The molecule has 0 saturated carbocycles. The fourth-order valence-corrected chi connectivity index (χ4v) is 4.56. The van der Waals surface area contributed by atoms with Gasteiger partial charge in [-0.15, -0.1) is 10.2 Å². The molecule has 35 heavy (non-hydrogen) atoms. The third kappa shape index (κ3) is 5.10. The molecule has 2 heterocycles. The number of carbonyl (C=O) groups is 1. The summed E-state index contributed by atoms with van der Waals surface area (Å²) < 4.78 is 39.0. The van der Waals surface area contributed by atoms with E-state index in [0.29, 0.717) is 23.7 Å². The Morgan fingerprint density at radius 1 is 1.17 bits per heavy atom. The van der Waals surface area contributed by atoms with E-state index in [4.69, 9.17) is 9.15 Å². The molecule has 2 aromatic heterocycles. The summed E-state index contributed by atoms with van der Waals surface area (Å²) in [4.78, 5) is 17.2. The number of sulfonamides is 1. The molecule has 0 N–H and O–H groups in total. The minimum absolute atomic E-state index is 0.0865. The Morgan fingerprint density at radius 3 is 2.66 bits per heavy atom. The van der Waals surface area contributed by atoms with Crippen LogP contribution in [0, 0.1) is 6.92 Å². The van der Waals surface area contributed by atoms with E-state index in [1.165, 1.54) is 20.2 Å². The molecule has 0 radical (unpaired) electrons. The lowest BCUT2D eigenvalue weighted by atomic mass is 10.1. The SMILES string of the molecule is Cc1cccc(-c2nnc(C(C)OC(=O)CCc3nc4cc(S(=O)(=O)N(C)C)ccc4n3C)o2)c1. The van der Waals surface area contributed by atoms with E-state index in [0.717, 1.165) is 20.9 Å². The Labute approximate surface area is 203 Å². The summed E-state index contributed by atoms with van der Waals surface area (Å²) >= 11 is 0. The lowest BCUT2D eigenvalue weighted by Crippen LogP contribution is -2.22. The third-order valence-electron chi connectivity index (χ3n) is 5.64. The number of aromatic nitrogens is 4. The van der Waals surface area contributed by atoms with E-state index in [2.05, 4.69) is 15.2 Å². The first kappa shape index (κ1) is 24.6. The second kappa shape index (κ2) is 9.59. The second-order valence-electron chi connectivity index (χ2n) is 8.47. The van der Waals surface area contributed by atoms with Crippen LogP contribution in [0.25, 0.3) is 22.5 Å². The van der Waals surface area contributed by atoms with Gasteiger partial charge in [0.25, 0.3) is 5.89 Å². The lowest BCUT2D eigenvalue weighted by Gasteiger charge is -2.11. The number of esters is 1. The first-order valence-electron chi connectivity index (χ1n) is 11.0. The van der Waals surface area contributed by atoms with Crippen molar-refractivity contribution in [3.05, 3.63) is 59.7 Å². The minimum Gasteiger partial charge on any atom is -0.453 e. The van der Waals surface area contributed by atoms with Gasteiger partial charge in [0.1, 0.15) is 5.82 Å². The lowest BCUT2D eigenvalue weighted by molar-refractivity contribution is -0.149. The molecule has 2 aromatic carbocycles. The van der Waals surface area contributed by atoms with E-state index in [1.54, 1.807) is 19.1 Å². The predicted octanol–water partition coefficient (Wildman–Crippen LogP) is 3.42. The highest BCUT2D eigenvalue weighted by molar-refractivity contribution is 7.89. The van der Waals surface area contributed by atoms with Crippen molar-refractivity contribution in [2.75, 3.05) is 14.1 Å². The van der Waals surface area contributed by atoms with Crippen LogP contribution in [-0.4, -0.2) is 52.5 Å². The second-order valence-corrected chi connectivity index (χ2v) is 10.6. The average Bonchev–Trinajstić information content (AvgIpc) is 3.43. The largest absolute Gasteiger partial charge is 0.453 e. The number of hydrogen-bond donors (Lipinski definition) is 0. The number of aryl methyl sites for hydroxylation is 3. The molecule has 0 aliphatic heterocycles. The highest BCUT2D eigenvalue weighted by atomic mass is 32.2. The fraction of sp³-hybridized carbons (Fsp3) is 0.333. The highest BCUT2D eigenvalue weighted by Crippen LogP contribution is 2.24. The zero-order valence-corrected chi connectivity index (χ0v) is 21.0. The summed E-state index contributed by atoms with van der Waals surface area (Å²) in [7, 11) is 1.22. The van der Waals surface area contributed by atoms with Gasteiger partial charge in [-0.2, -0.15) is 0 Å². The molecule has 4 aromatic rings. The zero-order chi connectivity index (χ0) is 25.3. The number of ether oxygens (including phenoxy) is 1. The Balaban J connectivity index is 1.41. The van der Waals surface area contributed by atoms with Crippen molar-refractivity contribution in [2.24, 2.45) is 7.05 Å². The van der Waals surface area contributed by atoms with E-state index >= 15 is 0 Å². The van der Waals surface area contributed by atoms with Gasteiger partial charge in [0.15, 0.2) is 6.10 Å². The molecule has 1 atom stereocenters. The maximum absolute atomic E-state index is 12.5. The maximum atomic E-state index is 12.5. The van der Waals surface area contributed by atoms with Crippen LogP contribution in [-0.2, 0) is 33.0 Å². The maximum Gasteiger partial charge on any atom is 0.307 e. The van der Waals surface area contributed by atoms with Crippen molar-refractivity contribution in [1.82, 2.24) is 24.1 Å². The van der Waals surface area contributed by atoms with Crippen molar-refractivity contribution in [2.45, 2.75) is 37.7 Å². The Hall–Kier alpha value is -3.57. The van der Waals surface area contributed by atoms with Gasteiger partial charge in [-0.25, -0.2) is 17.7 Å². The molecule has 184 valence electrons. The molecule has 1 unspecified atom stereocenters. The number of fused-ring (bicyclic) bond motifs is 1. The van der Waals surface area contributed by atoms with Gasteiger partial charge in [0, 0.05) is 33.1 Å². The quantitative estimate of drug-likeness (QED) is 0.340. The molecule has 0 aliphatic carbocycles. The summed E-state index contributed by atoms with van der Waals surface area (Å²) in [5.41, 5.74) is 3.18. The fourth-order valence-electron chi connectivity index (χ4n) is 3.64. The van der Waals surface area contributed by atoms with E-state index in [1.807, 2.05) is 42.8 Å². The number of nitrogens with zero attached hydrogens (tertiary/aromatic N) is 5. The molecule has 4 rings (SSSR count). The molecule has 10 nitrogen and oxygen atoms in total. The number of imidazole rings is 1. The number of carbonyl (C=O) groups excluding carboxylic acids is 1. The van der Waals surface area contributed by atoms with Crippen LogP contribution in [0.5, 0.6) is 0 Å². The smallest absolute Gasteiger partial charge is 0.307 e. The molecule has 0 fully saturated rings. The van der Waals surface area contributed by atoms with Gasteiger partial charge in [-0.05, 0) is 44.2 Å². The summed E-state index contributed by atoms with van der Waals surface area (Å²) in [5.74, 6) is 0.786. The average molecular weight is 498 g/mol. The molecular formula is C24H27N5O5S. The molecular weight excluding hydrogens is 470 g/mol. The van der Waals surface area contributed by atoms with Crippen LogP contribution in [0.3, 0.4) is 0 Å². The Bertz CT molecular complexity index is 1490. The minimum atomic E-state index is -3.57. The molecule has 11 heteroatoms. The van der Waals surface area contributed by atoms with E-state index < -0.39 is 22.1 Å². The van der Waals surface area contributed by atoms with Crippen molar-refractivity contribution < 1.29 is 22.4 Å². The molecule has 0 saturated heterocycles.